The van der Waals surface area contributed by atoms with Crippen LogP contribution in [0.1, 0.15) is 12.5 Å². The lowest BCUT2D eigenvalue weighted by Gasteiger charge is -2.25. The van der Waals surface area contributed by atoms with Crippen LogP contribution in [0.4, 0.5) is 0 Å². The lowest BCUT2D eigenvalue weighted by molar-refractivity contribution is -0.142. The molecule has 108 valence electrons. The van der Waals surface area contributed by atoms with Crippen molar-refractivity contribution in [1.29, 1.82) is 0 Å². The molecule has 0 bridgehead atoms. The number of rotatable bonds is 4. The average molecular weight is 279 g/mol. The second-order valence-corrected chi connectivity index (χ2v) is 4.75. The van der Waals surface area contributed by atoms with Gasteiger partial charge in [0.15, 0.2) is 0 Å². The number of carboxylic acid groups (broad SMARTS) is 1. The smallest absolute Gasteiger partial charge is 0.325 e. The number of aliphatic carboxylic acids is 1. The van der Waals surface area contributed by atoms with E-state index in [1.165, 1.54) is 6.92 Å². The molecule has 20 heavy (non-hydrogen) atoms. The Morgan fingerprint density at radius 2 is 2.25 bits per heavy atom. The quantitative estimate of drug-likeness (QED) is 0.853. The second-order valence-electron chi connectivity index (χ2n) is 4.75. The normalized spacial score (nSPS) is 18.4. The molecule has 6 heteroatoms. The zero-order chi connectivity index (χ0) is 14.7. The number of amides is 1. The van der Waals surface area contributed by atoms with Crippen LogP contribution in [0.2, 0.25) is 0 Å². The molecule has 0 aliphatic carbocycles. The number of carboxylic acids is 1. The summed E-state index contributed by atoms with van der Waals surface area (Å²) in [5.41, 5.74) is 0.888. The van der Waals surface area contributed by atoms with Crippen molar-refractivity contribution in [3.05, 3.63) is 23.8 Å². The van der Waals surface area contributed by atoms with E-state index in [0.717, 1.165) is 11.3 Å². The minimum atomic E-state index is -1.06. The lowest BCUT2D eigenvalue weighted by Crippen LogP contribution is -2.44. The Kier molecular flexibility index (Phi) is 4.12. The molecule has 0 fully saturated rings. The monoisotopic (exact) mass is 279 g/mol. The fourth-order valence-electron chi connectivity index (χ4n) is 2.06. The Morgan fingerprint density at radius 3 is 2.90 bits per heavy atom. The van der Waals surface area contributed by atoms with Gasteiger partial charge in [-0.2, -0.15) is 0 Å². The van der Waals surface area contributed by atoms with Gasteiger partial charge in [0.05, 0.1) is 13.0 Å². The summed E-state index contributed by atoms with van der Waals surface area (Å²) in [5.74, 6) is -0.324. The molecular formula is C14H17NO5. The van der Waals surface area contributed by atoms with Gasteiger partial charge in [0, 0.05) is 0 Å². The summed E-state index contributed by atoms with van der Waals surface area (Å²) < 4.78 is 10.7. The van der Waals surface area contributed by atoms with Crippen LogP contribution in [0, 0.1) is 5.92 Å². The van der Waals surface area contributed by atoms with Gasteiger partial charge in [-0.15, -0.1) is 0 Å². The van der Waals surface area contributed by atoms with Crippen LogP contribution in [-0.4, -0.2) is 36.7 Å². The Bertz CT molecular complexity index is 528. The summed E-state index contributed by atoms with van der Waals surface area (Å²) >= 11 is 0. The fourth-order valence-corrected chi connectivity index (χ4v) is 2.06. The van der Waals surface area contributed by atoms with E-state index in [1.54, 1.807) is 13.2 Å². The second kappa shape index (κ2) is 5.81. The molecule has 1 aromatic carbocycles. The van der Waals surface area contributed by atoms with Gasteiger partial charge in [-0.3, -0.25) is 9.59 Å². The SMILES string of the molecule is COc1ccc2c(c1)CC(C(=O)NC(C)C(=O)O)CO2. The minimum absolute atomic E-state index is 0.248. The molecule has 2 N–H and O–H groups in total. The van der Waals surface area contributed by atoms with Crippen molar-refractivity contribution in [3.8, 4) is 11.5 Å². The molecule has 1 aromatic rings. The first-order valence-corrected chi connectivity index (χ1v) is 6.34. The molecule has 0 spiro atoms. The fraction of sp³-hybridized carbons (Fsp3) is 0.429. The average Bonchev–Trinajstić information content (AvgIpc) is 2.45. The topological polar surface area (TPSA) is 84.9 Å². The van der Waals surface area contributed by atoms with Gasteiger partial charge in [-0.25, -0.2) is 0 Å². The van der Waals surface area contributed by atoms with E-state index >= 15 is 0 Å². The molecule has 0 radical (unpaired) electrons. The van der Waals surface area contributed by atoms with E-state index in [9.17, 15) is 9.59 Å². The number of carbonyl (C=O) groups excluding carboxylic acids is 1. The van der Waals surface area contributed by atoms with Crippen molar-refractivity contribution in [2.45, 2.75) is 19.4 Å². The van der Waals surface area contributed by atoms with Gasteiger partial charge in [0.25, 0.3) is 0 Å². The first kappa shape index (κ1) is 14.2. The van der Waals surface area contributed by atoms with Crippen molar-refractivity contribution in [1.82, 2.24) is 5.32 Å². The van der Waals surface area contributed by atoms with E-state index < -0.39 is 17.9 Å². The number of carbonyl (C=O) groups is 2. The van der Waals surface area contributed by atoms with Gasteiger partial charge < -0.3 is 19.9 Å². The molecular weight excluding hydrogens is 262 g/mol. The maximum Gasteiger partial charge on any atom is 0.325 e. The summed E-state index contributed by atoms with van der Waals surface area (Å²) in [7, 11) is 1.57. The van der Waals surface area contributed by atoms with E-state index in [1.807, 2.05) is 12.1 Å². The standard InChI is InChI=1S/C14H17NO5/c1-8(14(17)18)15-13(16)10-5-9-6-11(19-2)3-4-12(9)20-7-10/h3-4,6,8,10H,5,7H2,1-2H3,(H,15,16)(H,17,18). The Labute approximate surface area is 116 Å². The first-order chi connectivity index (χ1) is 9.51. The van der Waals surface area contributed by atoms with E-state index in [-0.39, 0.29) is 12.5 Å². The number of benzene rings is 1. The number of ether oxygens (including phenoxy) is 2. The predicted molar refractivity (Wildman–Crippen MR) is 70.9 cm³/mol. The van der Waals surface area contributed by atoms with E-state index in [2.05, 4.69) is 5.32 Å². The molecule has 1 aliphatic rings. The highest BCUT2D eigenvalue weighted by Gasteiger charge is 2.28. The number of hydrogen-bond acceptors (Lipinski definition) is 4. The highest BCUT2D eigenvalue weighted by atomic mass is 16.5. The summed E-state index contributed by atoms with van der Waals surface area (Å²) in [4.78, 5) is 22.7. The van der Waals surface area contributed by atoms with Gasteiger partial charge in [0.2, 0.25) is 5.91 Å². The van der Waals surface area contributed by atoms with Crippen LogP contribution in [0.3, 0.4) is 0 Å². The Morgan fingerprint density at radius 1 is 1.50 bits per heavy atom. The van der Waals surface area contributed by atoms with Crippen molar-refractivity contribution in [2.75, 3.05) is 13.7 Å². The number of methoxy groups -OCH3 is 1. The van der Waals surface area contributed by atoms with Crippen molar-refractivity contribution in [3.63, 3.8) is 0 Å². The maximum absolute atomic E-state index is 12.0. The molecule has 2 unspecified atom stereocenters. The molecule has 0 aromatic heterocycles. The third-order valence-corrected chi connectivity index (χ3v) is 3.27. The number of nitrogens with one attached hydrogen (secondary N) is 1. The predicted octanol–water partition coefficient (Wildman–Crippen LogP) is 0.836. The molecule has 2 atom stereocenters. The third kappa shape index (κ3) is 3.01. The summed E-state index contributed by atoms with van der Waals surface area (Å²) in [6, 6.07) is 4.53. The molecule has 6 nitrogen and oxygen atoms in total. The maximum atomic E-state index is 12.0. The van der Waals surface area contributed by atoms with Crippen LogP contribution < -0.4 is 14.8 Å². The molecule has 0 saturated carbocycles. The lowest BCUT2D eigenvalue weighted by atomic mass is 9.95. The van der Waals surface area contributed by atoms with Gasteiger partial charge >= 0.3 is 5.97 Å². The zero-order valence-electron chi connectivity index (χ0n) is 11.4. The van der Waals surface area contributed by atoms with Crippen LogP contribution >= 0.6 is 0 Å². The Hall–Kier alpha value is -2.24. The summed E-state index contributed by atoms with van der Waals surface area (Å²) in [6.07, 6.45) is 0.505. The summed E-state index contributed by atoms with van der Waals surface area (Å²) in [6.45, 7) is 1.68. The number of hydrogen-bond donors (Lipinski definition) is 2. The highest BCUT2D eigenvalue weighted by molar-refractivity contribution is 5.85. The molecule has 1 amide bonds. The molecule has 1 aliphatic heterocycles. The Balaban J connectivity index is 2.06. The minimum Gasteiger partial charge on any atom is -0.497 e. The highest BCUT2D eigenvalue weighted by Crippen LogP contribution is 2.30. The van der Waals surface area contributed by atoms with Crippen LogP contribution in [0.15, 0.2) is 18.2 Å². The van der Waals surface area contributed by atoms with Crippen molar-refractivity contribution >= 4 is 11.9 Å². The van der Waals surface area contributed by atoms with Crippen LogP contribution in [0.25, 0.3) is 0 Å². The zero-order valence-corrected chi connectivity index (χ0v) is 11.4. The van der Waals surface area contributed by atoms with Crippen LogP contribution in [0.5, 0.6) is 11.5 Å². The molecule has 1 heterocycles. The van der Waals surface area contributed by atoms with Gasteiger partial charge in [-0.1, -0.05) is 0 Å². The van der Waals surface area contributed by atoms with Gasteiger partial charge in [0.1, 0.15) is 24.1 Å². The largest absolute Gasteiger partial charge is 0.497 e. The van der Waals surface area contributed by atoms with Crippen molar-refractivity contribution in [2.24, 2.45) is 5.92 Å². The summed E-state index contributed by atoms with van der Waals surface area (Å²) in [5, 5.41) is 11.3. The third-order valence-electron chi connectivity index (χ3n) is 3.27. The van der Waals surface area contributed by atoms with Crippen molar-refractivity contribution < 1.29 is 24.2 Å². The molecule has 0 saturated heterocycles. The van der Waals surface area contributed by atoms with E-state index in [4.69, 9.17) is 14.6 Å². The van der Waals surface area contributed by atoms with Crippen LogP contribution in [-0.2, 0) is 16.0 Å². The van der Waals surface area contributed by atoms with Gasteiger partial charge in [-0.05, 0) is 37.1 Å². The molecule has 2 rings (SSSR count). The first-order valence-electron chi connectivity index (χ1n) is 6.34. The van der Waals surface area contributed by atoms with E-state index in [0.29, 0.717) is 12.2 Å². The number of fused-ring (bicyclic) bond motifs is 1.